The molecule has 1 aliphatic heterocycles. The van der Waals surface area contributed by atoms with Crippen LogP contribution in [0.4, 0.5) is 5.69 Å². The zero-order valence-electron chi connectivity index (χ0n) is 14.1. The number of nitro groups is 1. The molecule has 1 N–H and O–H groups in total. The summed E-state index contributed by atoms with van der Waals surface area (Å²) in [4.78, 5) is 20.0. The van der Waals surface area contributed by atoms with Crippen LogP contribution in [0.3, 0.4) is 0 Å². The third-order valence-corrected chi connectivity index (χ3v) is 3.30. The average molecular weight is 359 g/mol. The van der Waals surface area contributed by atoms with Gasteiger partial charge in [-0.3, -0.25) is 14.9 Å². The van der Waals surface area contributed by atoms with E-state index in [1.165, 1.54) is 18.2 Å². The number of nitrogens with zero attached hydrogens (tertiary/aromatic N) is 1. The number of hydrogen-bond acceptors (Lipinski definition) is 6. The zero-order valence-corrected chi connectivity index (χ0v) is 14.8. The van der Waals surface area contributed by atoms with E-state index in [0.29, 0.717) is 18.0 Å². The van der Waals surface area contributed by atoms with E-state index in [4.69, 9.17) is 16.3 Å². The molecule has 7 nitrogen and oxygen atoms in total. The number of piperidine rings is 1. The molecule has 0 unspecified atom stereocenters. The number of benzene rings is 1. The topological polar surface area (TPSA) is 90.7 Å². The molecule has 0 saturated carbocycles. The molecular weight excluding hydrogens is 336 g/mol. The van der Waals surface area contributed by atoms with Gasteiger partial charge in [0, 0.05) is 23.7 Å². The highest BCUT2D eigenvalue weighted by molar-refractivity contribution is 6.30. The van der Waals surface area contributed by atoms with Crippen molar-refractivity contribution in [1.29, 1.82) is 0 Å². The van der Waals surface area contributed by atoms with Crippen LogP contribution < -0.4 is 10.1 Å². The summed E-state index contributed by atoms with van der Waals surface area (Å²) >= 11 is 5.82. The summed E-state index contributed by atoms with van der Waals surface area (Å²) < 4.78 is 10.2. The Hall–Kier alpha value is -1.86. The maximum atomic E-state index is 10.8. The fourth-order valence-corrected chi connectivity index (χ4v) is 2.14. The van der Waals surface area contributed by atoms with E-state index >= 15 is 0 Å². The first-order valence-electron chi connectivity index (χ1n) is 7.65. The van der Waals surface area contributed by atoms with Crippen molar-refractivity contribution in [2.24, 2.45) is 0 Å². The van der Waals surface area contributed by atoms with Gasteiger partial charge in [-0.25, -0.2) is 0 Å². The molecule has 1 aromatic rings. The van der Waals surface area contributed by atoms with E-state index in [1.807, 2.05) is 20.8 Å². The van der Waals surface area contributed by atoms with E-state index < -0.39 is 4.92 Å². The smallest absolute Gasteiger partial charge is 0.311 e. The second-order valence-electron chi connectivity index (χ2n) is 6.28. The Kier molecular flexibility index (Phi) is 7.94. The lowest BCUT2D eigenvalue weighted by molar-refractivity contribution is -0.386. The van der Waals surface area contributed by atoms with Crippen LogP contribution in [0.1, 0.15) is 33.6 Å². The molecule has 1 saturated heterocycles. The van der Waals surface area contributed by atoms with Gasteiger partial charge in [0.15, 0.2) is 5.75 Å². The molecule has 1 aromatic carbocycles. The molecule has 0 amide bonds. The van der Waals surface area contributed by atoms with E-state index in [9.17, 15) is 14.9 Å². The van der Waals surface area contributed by atoms with Crippen LogP contribution in [-0.2, 0) is 9.53 Å². The third kappa shape index (κ3) is 7.61. The fraction of sp³-hybridized carbons (Fsp3) is 0.562. The Labute approximate surface area is 146 Å². The van der Waals surface area contributed by atoms with Gasteiger partial charge in [0.25, 0.3) is 6.47 Å². The van der Waals surface area contributed by atoms with Crippen LogP contribution in [0.5, 0.6) is 5.75 Å². The third-order valence-electron chi connectivity index (χ3n) is 3.07. The molecule has 8 heteroatoms. The highest BCUT2D eigenvalue weighted by Crippen LogP contribution is 2.31. The predicted octanol–water partition coefficient (Wildman–Crippen LogP) is 3.34. The van der Waals surface area contributed by atoms with Crippen molar-refractivity contribution in [1.82, 2.24) is 5.32 Å². The van der Waals surface area contributed by atoms with Crippen molar-refractivity contribution in [3.8, 4) is 5.75 Å². The molecule has 1 heterocycles. The van der Waals surface area contributed by atoms with Gasteiger partial charge >= 0.3 is 5.69 Å². The van der Waals surface area contributed by atoms with Crippen molar-refractivity contribution in [3.05, 3.63) is 33.3 Å². The maximum Gasteiger partial charge on any atom is 0.311 e. The number of carbonyl (C=O) groups excluding carboxylic acids is 1. The van der Waals surface area contributed by atoms with Crippen LogP contribution in [0.15, 0.2) is 18.2 Å². The summed E-state index contributed by atoms with van der Waals surface area (Å²) in [6.07, 6.45) is 1.89. The monoisotopic (exact) mass is 358 g/mol. The molecule has 0 radical (unpaired) electrons. The van der Waals surface area contributed by atoms with Gasteiger partial charge in [-0.1, -0.05) is 11.6 Å². The van der Waals surface area contributed by atoms with Gasteiger partial charge in [0.1, 0.15) is 11.7 Å². The number of rotatable bonds is 4. The number of ether oxygens (including phenoxy) is 2. The average Bonchev–Trinajstić information content (AvgIpc) is 2.47. The van der Waals surface area contributed by atoms with Crippen LogP contribution in [-0.4, -0.2) is 36.2 Å². The molecular formula is C16H23ClN2O5. The molecule has 0 bridgehead atoms. The van der Waals surface area contributed by atoms with Gasteiger partial charge in [-0.2, -0.15) is 0 Å². The molecule has 2 rings (SSSR count). The summed E-state index contributed by atoms with van der Waals surface area (Å²) in [5.74, 6) is 0.246. The Bertz CT molecular complexity index is 554. The van der Waals surface area contributed by atoms with Gasteiger partial charge in [-0.15, -0.1) is 0 Å². The van der Waals surface area contributed by atoms with Crippen LogP contribution in [0, 0.1) is 10.1 Å². The molecule has 134 valence electrons. The first kappa shape index (κ1) is 20.2. The minimum atomic E-state index is -0.456. The zero-order chi connectivity index (χ0) is 18.2. The van der Waals surface area contributed by atoms with E-state index in [0.717, 1.165) is 19.4 Å². The number of halogens is 1. The van der Waals surface area contributed by atoms with Crippen molar-refractivity contribution in [2.75, 3.05) is 13.1 Å². The van der Waals surface area contributed by atoms with Crippen LogP contribution in [0.25, 0.3) is 0 Å². The largest absolute Gasteiger partial charge is 0.482 e. The van der Waals surface area contributed by atoms with Crippen molar-refractivity contribution in [2.45, 2.75) is 45.3 Å². The van der Waals surface area contributed by atoms with E-state index in [1.54, 1.807) is 0 Å². The predicted molar refractivity (Wildman–Crippen MR) is 91.5 cm³/mol. The van der Waals surface area contributed by atoms with Crippen LogP contribution >= 0.6 is 11.6 Å². The van der Waals surface area contributed by atoms with Crippen molar-refractivity contribution < 1.29 is 19.2 Å². The van der Waals surface area contributed by atoms with Crippen molar-refractivity contribution >= 4 is 23.8 Å². The molecule has 1 aliphatic rings. The molecule has 1 atom stereocenters. The summed E-state index contributed by atoms with van der Waals surface area (Å²) in [7, 11) is 0. The Morgan fingerprint density at radius 3 is 2.58 bits per heavy atom. The molecule has 0 aliphatic carbocycles. The first-order valence-corrected chi connectivity index (χ1v) is 8.03. The summed E-state index contributed by atoms with van der Waals surface area (Å²) in [5, 5.41) is 14.5. The lowest BCUT2D eigenvalue weighted by Crippen LogP contribution is -2.37. The first-order chi connectivity index (χ1) is 11.2. The van der Waals surface area contributed by atoms with E-state index in [-0.39, 0.29) is 23.1 Å². The Morgan fingerprint density at radius 2 is 2.12 bits per heavy atom. The second kappa shape index (κ2) is 9.44. The number of nitrogens with one attached hydrogen (secondary N) is 1. The second-order valence-corrected chi connectivity index (χ2v) is 6.72. The van der Waals surface area contributed by atoms with Gasteiger partial charge in [0.05, 0.1) is 4.92 Å². The fourth-order valence-electron chi connectivity index (χ4n) is 1.98. The summed E-state index contributed by atoms with van der Waals surface area (Å²) in [6.45, 7) is 7.60. The molecule has 24 heavy (non-hydrogen) atoms. The van der Waals surface area contributed by atoms with Gasteiger partial charge < -0.3 is 14.8 Å². The minimum absolute atomic E-state index is 0.0269. The Morgan fingerprint density at radius 1 is 1.42 bits per heavy atom. The minimum Gasteiger partial charge on any atom is -0.482 e. The maximum absolute atomic E-state index is 10.8. The normalized spacial score (nSPS) is 17.2. The lowest BCUT2D eigenvalue weighted by Gasteiger charge is -2.23. The Balaban J connectivity index is 0.000000351. The van der Waals surface area contributed by atoms with E-state index in [2.05, 4.69) is 10.1 Å². The SMILES string of the molecule is CC(C)(C)OC=O.O=[N+]([O-])c1ccc(Cl)cc1O[C@H]1CCCNC1. The quantitative estimate of drug-likeness (QED) is 0.504. The molecule has 0 spiro atoms. The number of carbonyl (C=O) groups is 1. The van der Waals surface area contributed by atoms with Crippen LogP contribution in [0.2, 0.25) is 5.02 Å². The molecule has 0 aromatic heterocycles. The lowest BCUT2D eigenvalue weighted by atomic mass is 10.1. The summed E-state index contributed by atoms with van der Waals surface area (Å²) in [5.41, 5.74) is -0.359. The van der Waals surface area contributed by atoms with Gasteiger partial charge in [0.2, 0.25) is 0 Å². The highest BCUT2D eigenvalue weighted by atomic mass is 35.5. The summed E-state index contributed by atoms with van der Waals surface area (Å²) in [6, 6.07) is 4.36. The highest BCUT2D eigenvalue weighted by Gasteiger charge is 2.21. The number of hydrogen-bond donors (Lipinski definition) is 1. The van der Waals surface area contributed by atoms with Crippen molar-refractivity contribution in [3.63, 3.8) is 0 Å². The van der Waals surface area contributed by atoms with Gasteiger partial charge in [-0.05, 0) is 46.2 Å². The molecule has 1 fully saturated rings. The number of nitro benzene ring substituents is 1. The standard InChI is InChI=1S/C11H13ClN2O3.C5H10O2/c12-8-3-4-10(14(15)16)11(6-8)17-9-2-1-5-13-7-9;1-5(2,3)7-4-6/h3-4,6,9,13H,1-2,5,7H2;4H,1-3H3/t9-;/m0./s1.